The third kappa shape index (κ3) is 4.27. The predicted octanol–water partition coefficient (Wildman–Crippen LogP) is 2.84. The van der Waals surface area contributed by atoms with E-state index in [1.807, 2.05) is 13.1 Å². The van der Waals surface area contributed by atoms with Gasteiger partial charge in [-0.15, -0.1) is 0 Å². The number of hydrogen-bond donors (Lipinski definition) is 2. The average molecular weight is 236 g/mol. The maximum absolute atomic E-state index is 5.37. The van der Waals surface area contributed by atoms with Gasteiger partial charge in [0.05, 0.1) is 7.11 Å². The minimum Gasteiger partial charge on any atom is -0.496 e. The van der Waals surface area contributed by atoms with Crippen molar-refractivity contribution in [1.82, 2.24) is 5.32 Å². The molecule has 0 saturated heterocycles. The Hall–Kier alpha value is -1.22. The highest BCUT2D eigenvalue weighted by molar-refractivity contribution is 5.52. The van der Waals surface area contributed by atoms with Crippen LogP contribution < -0.4 is 15.4 Å². The zero-order chi connectivity index (χ0) is 12.7. The molecule has 17 heavy (non-hydrogen) atoms. The summed E-state index contributed by atoms with van der Waals surface area (Å²) in [7, 11) is 3.70. The molecule has 96 valence electrons. The molecule has 0 aliphatic carbocycles. The SMILES string of the molecule is CNCCCNc1ccc(OC)c(C(C)C)c1. The van der Waals surface area contributed by atoms with E-state index in [0.717, 1.165) is 25.3 Å². The third-order valence-electron chi connectivity index (χ3n) is 2.78. The molecule has 0 amide bonds. The van der Waals surface area contributed by atoms with Gasteiger partial charge in [0.1, 0.15) is 5.75 Å². The Kier molecular flexibility index (Phi) is 5.84. The third-order valence-corrected chi connectivity index (χ3v) is 2.78. The number of anilines is 1. The molecule has 0 aromatic heterocycles. The summed E-state index contributed by atoms with van der Waals surface area (Å²) < 4.78 is 5.37. The molecule has 1 aromatic rings. The molecule has 0 heterocycles. The van der Waals surface area contributed by atoms with E-state index in [-0.39, 0.29) is 0 Å². The molecule has 1 rings (SSSR count). The van der Waals surface area contributed by atoms with Gasteiger partial charge in [0.15, 0.2) is 0 Å². The van der Waals surface area contributed by atoms with Crippen molar-refractivity contribution in [2.45, 2.75) is 26.2 Å². The van der Waals surface area contributed by atoms with Gasteiger partial charge in [0.25, 0.3) is 0 Å². The van der Waals surface area contributed by atoms with Crippen molar-refractivity contribution in [1.29, 1.82) is 0 Å². The minimum atomic E-state index is 0.476. The average Bonchev–Trinajstić information content (AvgIpc) is 2.34. The highest BCUT2D eigenvalue weighted by Crippen LogP contribution is 2.29. The van der Waals surface area contributed by atoms with Crippen molar-refractivity contribution < 1.29 is 4.74 Å². The van der Waals surface area contributed by atoms with Gasteiger partial charge >= 0.3 is 0 Å². The first kappa shape index (κ1) is 13.8. The van der Waals surface area contributed by atoms with E-state index >= 15 is 0 Å². The van der Waals surface area contributed by atoms with Crippen LogP contribution in [0, 0.1) is 0 Å². The first-order valence-corrected chi connectivity index (χ1v) is 6.25. The second kappa shape index (κ2) is 7.17. The van der Waals surface area contributed by atoms with Crippen LogP contribution in [0.2, 0.25) is 0 Å². The number of methoxy groups -OCH3 is 1. The van der Waals surface area contributed by atoms with Gasteiger partial charge in [-0.05, 0) is 49.7 Å². The van der Waals surface area contributed by atoms with Crippen LogP contribution in [-0.2, 0) is 0 Å². The van der Waals surface area contributed by atoms with Crippen LogP contribution in [0.3, 0.4) is 0 Å². The summed E-state index contributed by atoms with van der Waals surface area (Å²) in [6, 6.07) is 6.29. The lowest BCUT2D eigenvalue weighted by atomic mass is 10.0. The van der Waals surface area contributed by atoms with Gasteiger partial charge in [-0.1, -0.05) is 13.8 Å². The molecule has 1 aromatic carbocycles. The lowest BCUT2D eigenvalue weighted by molar-refractivity contribution is 0.407. The maximum Gasteiger partial charge on any atom is 0.122 e. The molecule has 0 saturated carbocycles. The van der Waals surface area contributed by atoms with Crippen molar-refractivity contribution in [3.8, 4) is 5.75 Å². The molecular weight excluding hydrogens is 212 g/mol. The summed E-state index contributed by atoms with van der Waals surface area (Å²) in [5, 5.41) is 6.57. The van der Waals surface area contributed by atoms with E-state index in [4.69, 9.17) is 4.74 Å². The number of nitrogens with one attached hydrogen (secondary N) is 2. The summed E-state index contributed by atoms with van der Waals surface area (Å²) in [4.78, 5) is 0. The summed E-state index contributed by atoms with van der Waals surface area (Å²) in [6.45, 7) is 6.40. The molecule has 0 fully saturated rings. The first-order valence-electron chi connectivity index (χ1n) is 6.25. The summed E-state index contributed by atoms with van der Waals surface area (Å²) in [5.74, 6) is 1.45. The van der Waals surface area contributed by atoms with E-state index in [9.17, 15) is 0 Å². The normalized spacial score (nSPS) is 10.6. The smallest absolute Gasteiger partial charge is 0.122 e. The molecule has 0 bridgehead atoms. The molecule has 3 heteroatoms. The molecule has 0 spiro atoms. The fraction of sp³-hybridized carbons (Fsp3) is 0.571. The molecule has 0 aliphatic heterocycles. The number of hydrogen-bond acceptors (Lipinski definition) is 3. The van der Waals surface area contributed by atoms with E-state index in [0.29, 0.717) is 5.92 Å². The van der Waals surface area contributed by atoms with Crippen molar-refractivity contribution in [2.24, 2.45) is 0 Å². The second-order valence-electron chi connectivity index (χ2n) is 4.50. The minimum absolute atomic E-state index is 0.476. The van der Waals surface area contributed by atoms with Crippen LogP contribution in [0.1, 0.15) is 31.7 Å². The Morgan fingerprint density at radius 1 is 1.24 bits per heavy atom. The van der Waals surface area contributed by atoms with Crippen molar-refractivity contribution in [3.63, 3.8) is 0 Å². The topological polar surface area (TPSA) is 33.3 Å². The van der Waals surface area contributed by atoms with Crippen LogP contribution in [-0.4, -0.2) is 27.2 Å². The largest absolute Gasteiger partial charge is 0.496 e. The first-order chi connectivity index (χ1) is 8.19. The molecule has 2 N–H and O–H groups in total. The number of rotatable bonds is 7. The molecular formula is C14H24N2O. The lowest BCUT2D eigenvalue weighted by Gasteiger charge is -2.14. The van der Waals surface area contributed by atoms with Crippen molar-refractivity contribution in [3.05, 3.63) is 23.8 Å². The van der Waals surface area contributed by atoms with Crippen LogP contribution in [0.5, 0.6) is 5.75 Å². The quantitative estimate of drug-likeness (QED) is 0.714. The fourth-order valence-corrected chi connectivity index (χ4v) is 1.79. The Morgan fingerprint density at radius 2 is 2.00 bits per heavy atom. The zero-order valence-corrected chi connectivity index (χ0v) is 11.3. The summed E-state index contributed by atoms with van der Waals surface area (Å²) in [5.41, 5.74) is 2.43. The van der Waals surface area contributed by atoms with Gasteiger partial charge in [0.2, 0.25) is 0 Å². The molecule has 0 radical (unpaired) electrons. The van der Waals surface area contributed by atoms with Gasteiger partial charge in [0, 0.05) is 12.2 Å². The predicted molar refractivity (Wildman–Crippen MR) is 74.1 cm³/mol. The van der Waals surface area contributed by atoms with Crippen molar-refractivity contribution in [2.75, 3.05) is 32.6 Å². The summed E-state index contributed by atoms with van der Waals surface area (Å²) >= 11 is 0. The molecule has 0 unspecified atom stereocenters. The van der Waals surface area contributed by atoms with E-state index in [1.54, 1.807) is 7.11 Å². The highest BCUT2D eigenvalue weighted by atomic mass is 16.5. The fourth-order valence-electron chi connectivity index (χ4n) is 1.79. The highest BCUT2D eigenvalue weighted by Gasteiger charge is 2.07. The Bertz CT molecular complexity index is 337. The maximum atomic E-state index is 5.37. The number of benzene rings is 1. The Labute approximate surface area is 105 Å². The van der Waals surface area contributed by atoms with Crippen LogP contribution in [0.15, 0.2) is 18.2 Å². The van der Waals surface area contributed by atoms with Gasteiger partial charge in [-0.3, -0.25) is 0 Å². The summed E-state index contributed by atoms with van der Waals surface area (Å²) in [6.07, 6.45) is 1.12. The molecule has 0 atom stereocenters. The van der Waals surface area contributed by atoms with Crippen LogP contribution in [0.25, 0.3) is 0 Å². The number of ether oxygens (including phenoxy) is 1. The zero-order valence-electron chi connectivity index (χ0n) is 11.3. The van der Waals surface area contributed by atoms with E-state index in [2.05, 4.69) is 36.6 Å². The van der Waals surface area contributed by atoms with Gasteiger partial charge in [-0.25, -0.2) is 0 Å². The van der Waals surface area contributed by atoms with E-state index in [1.165, 1.54) is 11.3 Å². The Balaban J connectivity index is 2.64. The van der Waals surface area contributed by atoms with Crippen LogP contribution in [0.4, 0.5) is 5.69 Å². The molecule has 3 nitrogen and oxygen atoms in total. The van der Waals surface area contributed by atoms with Crippen molar-refractivity contribution >= 4 is 5.69 Å². The van der Waals surface area contributed by atoms with Crippen LogP contribution >= 0.6 is 0 Å². The lowest BCUT2D eigenvalue weighted by Crippen LogP contribution is -2.13. The molecule has 0 aliphatic rings. The Morgan fingerprint density at radius 3 is 2.59 bits per heavy atom. The van der Waals surface area contributed by atoms with E-state index < -0.39 is 0 Å². The van der Waals surface area contributed by atoms with Gasteiger partial charge in [-0.2, -0.15) is 0 Å². The monoisotopic (exact) mass is 236 g/mol. The van der Waals surface area contributed by atoms with Gasteiger partial charge < -0.3 is 15.4 Å². The standard InChI is InChI=1S/C14H24N2O/c1-11(2)13-10-12(6-7-14(13)17-4)16-9-5-8-15-3/h6-7,10-11,15-16H,5,8-9H2,1-4H3. The second-order valence-corrected chi connectivity index (χ2v) is 4.50.